The number of rotatable bonds is 1. The first-order valence-electron chi connectivity index (χ1n) is 5.08. The smallest absolute Gasteiger partial charge is 0.168 e. The molecule has 2 nitrogen and oxygen atoms in total. The quantitative estimate of drug-likeness (QED) is 0.547. The highest BCUT2D eigenvalue weighted by Gasteiger charge is 2.43. The summed E-state index contributed by atoms with van der Waals surface area (Å²) < 4.78 is 12.9. The predicted octanol–water partition coefficient (Wildman–Crippen LogP) is 2.60. The van der Waals surface area contributed by atoms with Gasteiger partial charge in [0.05, 0.1) is 13.2 Å². The SMILES string of the molecule is CC1COC2(CCC(CI)C2)OC1. The molecule has 2 rings (SSSR count). The van der Waals surface area contributed by atoms with E-state index in [2.05, 4.69) is 29.5 Å². The van der Waals surface area contributed by atoms with Gasteiger partial charge in [0.1, 0.15) is 0 Å². The molecule has 3 heteroatoms. The van der Waals surface area contributed by atoms with E-state index in [0.717, 1.165) is 32.0 Å². The normalized spacial score (nSPS) is 45.7. The summed E-state index contributed by atoms with van der Waals surface area (Å²) in [5.74, 6) is 1.21. The molecule has 2 aliphatic rings. The van der Waals surface area contributed by atoms with Crippen LogP contribution in [0.1, 0.15) is 26.2 Å². The molecule has 1 saturated heterocycles. The highest BCUT2D eigenvalue weighted by Crippen LogP contribution is 2.41. The molecular formula is C10H17IO2. The topological polar surface area (TPSA) is 18.5 Å². The summed E-state index contributed by atoms with van der Waals surface area (Å²) in [6, 6.07) is 0. The van der Waals surface area contributed by atoms with Crippen molar-refractivity contribution in [3.05, 3.63) is 0 Å². The van der Waals surface area contributed by atoms with E-state index in [4.69, 9.17) is 9.47 Å². The molecule has 1 saturated carbocycles. The highest BCUT2D eigenvalue weighted by molar-refractivity contribution is 14.1. The van der Waals surface area contributed by atoms with Gasteiger partial charge in [-0.25, -0.2) is 0 Å². The summed E-state index contributed by atoms with van der Waals surface area (Å²) in [6.07, 6.45) is 3.49. The summed E-state index contributed by atoms with van der Waals surface area (Å²) in [7, 11) is 0. The number of halogens is 1. The van der Waals surface area contributed by atoms with E-state index in [0.29, 0.717) is 5.92 Å². The molecule has 0 aromatic rings. The zero-order valence-electron chi connectivity index (χ0n) is 8.09. The first kappa shape index (κ1) is 10.2. The Morgan fingerprint density at radius 1 is 1.38 bits per heavy atom. The van der Waals surface area contributed by atoms with Gasteiger partial charge >= 0.3 is 0 Å². The monoisotopic (exact) mass is 296 g/mol. The van der Waals surface area contributed by atoms with Crippen molar-refractivity contribution >= 4 is 22.6 Å². The minimum absolute atomic E-state index is 0.178. The molecule has 0 radical (unpaired) electrons. The Morgan fingerprint density at radius 2 is 2.08 bits per heavy atom. The first-order chi connectivity index (χ1) is 6.24. The Kier molecular flexibility index (Phi) is 3.15. The van der Waals surface area contributed by atoms with Gasteiger partial charge in [0, 0.05) is 23.2 Å². The van der Waals surface area contributed by atoms with Gasteiger partial charge < -0.3 is 9.47 Å². The second-order valence-electron chi connectivity index (χ2n) is 4.40. The van der Waals surface area contributed by atoms with Crippen molar-refractivity contribution in [3.8, 4) is 0 Å². The van der Waals surface area contributed by atoms with E-state index in [1.165, 1.54) is 10.8 Å². The maximum absolute atomic E-state index is 5.85. The molecule has 1 heterocycles. The summed E-state index contributed by atoms with van der Waals surface area (Å²) in [6.45, 7) is 3.94. The van der Waals surface area contributed by atoms with Gasteiger partial charge in [-0.3, -0.25) is 0 Å². The maximum atomic E-state index is 5.85. The maximum Gasteiger partial charge on any atom is 0.168 e. The van der Waals surface area contributed by atoms with Crippen LogP contribution in [0.2, 0.25) is 0 Å². The van der Waals surface area contributed by atoms with Crippen LogP contribution in [0, 0.1) is 11.8 Å². The molecule has 0 aromatic carbocycles. The second kappa shape index (κ2) is 4.03. The Bertz CT molecular complexity index is 176. The molecule has 1 atom stereocenters. The third-order valence-electron chi connectivity index (χ3n) is 3.01. The predicted molar refractivity (Wildman–Crippen MR) is 60.0 cm³/mol. The number of ether oxygens (including phenoxy) is 2. The van der Waals surface area contributed by atoms with Crippen LogP contribution >= 0.6 is 22.6 Å². The fourth-order valence-corrected chi connectivity index (χ4v) is 2.89. The average Bonchev–Trinajstić information content (AvgIpc) is 2.55. The van der Waals surface area contributed by atoms with Crippen molar-refractivity contribution in [3.63, 3.8) is 0 Å². The van der Waals surface area contributed by atoms with Crippen LogP contribution in [0.15, 0.2) is 0 Å². The van der Waals surface area contributed by atoms with Crippen molar-refractivity contribution < 1.29 is 9.47 Å². The van der Waals surface area contributed by atoms with Gasteiger partial charge in [0.15, 0.2) is 5.79 Å². The van der Waals surface area contributed by atoms with E-state index in [-0.39, 0.29) is 5.79 Å². The molecule has 76 valence electrons. The lowest BCUT2D eigenvalue weighted by atomic mass is 10.1. The van der Waals surface area contributed by atoms with Crippen LogP contribution in [0.25, 0.3) is 0 Å². The Labute approximate surface area is 93.5 Å². The highest BCUT2D eigenvalue weighted by atomic mass is 127. The molecule has 13 heavy (non-hydrogen) atoms. The van der Waals surface area contributed by atoms with Crippen LogP contribution in [0.3, 0.4) is 0 Å². The fraction of sp³-hybridized carbons (Fsp3) is 1.00. The lowest BCUT2D eigenvalue weighted by Gasteiger charge is -2.36. The average molecular weight is 296 g/mol. The molecule has 1 aliphatic carbocycles. The standard InChI is InChI=1S/C10H17IO2/c1-8-6-12-10(13-7-8)3-2-9(4-10)5-11/h8-9H,2-7H2,1H3. The Balaban J connectivity index is 1.92. The molecule has 2 fully saturated rings. The summed E-state index contributed by atoms with van der Waals surface area (Å²) in [5, 5.41) is 0. The molecule has 0 amide bonds. The van der Waals surface area contributed by atoms with Crippen molar-refractivity contribution in [2.75, 3.05) is 17.6 Å². The van der Waals surface area contributed by atoms with Crippen LogP contribution in [-0.2, 0) is 9.47 Å². The van der Waals surface area contributed by atoms with Crippen LogP contribution in [0.4, 0.5) is 0 Å². The molecule has 0 bridgehead atoms. The zero-order valence-corrected chi connectivity index (χ0v) is 10.2. The summed E-state index contributed by atoms with van der Waals surface area (Å²) in [4.78, 5) is 0. The van der Waals surface area contributed by atoms with E-state index < -0.39 is 0 Å². The lowest BCUT2D eigenvalue weighted by molar-refractivity contribution is -0.277. The lowest BCUT2D eigenvalue weighted by Crippen LogP contribution is -2.41. The molecule has 0 N–H and O–H groups in total. The van der Waals surface area contributed by atoms with Gasteiger partial charge in [0.2, 0.25) is 0 Å². The molecule has 1 unspecified atom stereocenters. The zero-order chi connectivity index (χ0) is 9.31. The van der Waals surface area contributed by atoms with Gasteiger partial charge in [0.25, 0.3) is 0 Å². The molecule has 1 spiro atoms. The van der Waals surface area contributed by atoms with Crippen LogP contribution < -0.4 is 0 Å². The summed E-state index contributed by atoms with van der Waals surface area (Å²) >= 11 is 2.46. The second-order valence-corrected chi connectivity index (χ2v) is 5.28. The largest absolute Gasteiger partial charge is 0.350 e. The van der Waals surface area contributed by atoms with Gasteiger partial charge in [-0.1, -0.05) is 29.5 Å². The van der Waals surface area contributed by atoms with Crippen molar-refractivity contribution in [1.82, 2.24) is 0 Å². The van der Waals surface area contributed by atoms with E-state index >= 15 is 0 Å². The number of hydrogen-bond donors (Lipinski definition) is 0. The van der Waals surface area contributed by atoms with E-state index in [9.17, 15) is 0 Å². The van der Waals surface area contributed by atoms with Crippen molar-refractivity contribution in [2.45, 2.75) is 32.0 Å². The third kappa shape index (κ3) is 2.18. The third-order valence-corrected chi connectivity index (χ3v) is 4.26. The summed E-state index contributed by atoms with van der Waals surface area (Å²) in [5.41, 5.74) is 0. The molecule has 0 aromatic heterocycles. The van der Waals surface area contributed by atoms with Gasteiger partial charge in [-0.05, 0) is 12.3 Å². The van der Waals surface area contributed by atoms with Crippen LogP contribution in [0.5, 0.6) is 0 Å². The number of hydrogen-bond acceptors (Lipinski definition) is 2. The van der Waals surface area contributed by atoms with E-state index in [1.807, 2.05) is 0 Å². The van der Waals surface area contributed by atoms with Gasteiger partial charge in [-0.15, -0.1) is 0 Å². The minimum Gasteiger partial charge on any atom is -0.350 e. The fourth-order valence-electron chi connectivity index (χ4n) is 2.14. The molecule has 1 aliphatic heterocycles. The van der Waals surface area contributed by atoms with Gasteiger partial charge in [-0.2, -0.15) is 0 Å². The number of alkyl halides is 1. The van der Waals surface area contributed by atoms with E-state index in [1.54, 1.807) is 0 Å². The molecular weight excluding hydrogens is 279 g/mol. The Morgan fingerprint density at radius 3 is 2.62 bits per heavy atom. The Hall–Kier alpha value is 0.650. The minimum atomic E-state index is -0.178. The first-order valence-corrected chi connectivity index (χ1v) is 6.60. The van der Waals surface area contributed by atoms with Crippen molar-refractivity contribution in [2.24, 2.45) is 11.8 Å². The van der Waals surface area contributed by atoms with Crippen molar-refractivity contribution in [1.29, 1.82) is 0 Å². The van der Waals surface area contributed by atoms with Crippen LogP contribution in [-0.4, -0.2) is 23.4 Å².